The van der Waals surface area contributed by atoms with E-state index in [0.29, 0.717) is 26.4 Å². The fraction of sp³-hybridized carbons (Fsp3) is 1.00. The zero-order chi connectivity index (χ0) is 25.7. The minimum atomic E-state index is -3.06. The molecule has 0 bridgehead atoms. The van der Waals surface area contributed by atoms with Crippen LogP contribution >= 0.6 is 0 Å². The Balaban J connectivity index is 4.50. The minimum Gasteiger partial charge on any atom is -0.351 e. The molecule has 0 radical (unpaired) electrons. The Kier molecular flexibility index (Phi) is 28.7. The maximum Gasteiger partial charge on any atom is 0.679 e. The highest BCUT2D eigenvalue weighted by molar-refractivity contribution is 6.53. The fourth-order valence-corrected chi connectivity index (χ4v) is 6.38. The lowest BCUT2D eigenvalue weighted by atomic mass is 10.1. The first-order chi connectivity index (χ1) is 17.2. The van der Waals surface area contributed by atoms with Gasteiger partial charge >= 0.3 is 9.05 Å². The molecule has 0 heterocycles. The van der Waals surface area contributed by atoms with Crippen molar-refractivity contribution in [3.05, 3.63) is 0 Å². The number of rotatable bonds is 30. The monoisotopic (exact) mass is 516 g/mol. The highest BCUT2D eigenvalue weighted by atomic mass is 28.4. The third-order valence-electron chi connectivity index (χ3n) is 6.56. The molecule has 0 N–H and O–H groups in total. The van der Waals surface area contributed by atoms with Crippen molar-refractivity contribution in [2.75, 3.05) is 26.4 Å². The van der Waals surface area contributed by atoms with E-state index in [0.717, 1.165) is 25.7 Å². The first-order valence-corrected chi connectivity index (χ1v) is 17.4. The van der Waals surface area contributed by atoms with Gasteiger partial charge in [-0.3, -0.25) is 0 Å². The lowest BCUT2D eigenvalue weighted by molar-refractivity contribution is -0.0368. The van der Waals surface area contributed by atoms with Crippen LogP contribution in [0.25, 0.3) is 0 Å². The van der Waals surface area contributed by atoms with Gasteiger partial charge < -0.3 is 17.7 Å². The molecular formula is C30H64O4Si. The molecule has 0 aliphatic rings. The van der Waals surface area contributed by atoms with E-state index < -0.39 is 9.05 Å². The van der Waals surface area contributed by atoms with Gasteiger partial charge in [0.1, 0.15) is 0 Å². The van der Waals surface area contributed by atoms with Crippen LogP contribution in [-0.4, -0.2) is 35.5 Å². The van der Waals surface area contributed by atoms with Crippen LogP contribution in [0, 0.1) is 0 Å². The van der Waals surface area contributed by atoms with Gasteiger partial charge in [-0.05, 0) is 25.7 Å². The molecule has 0 atom stereocenters. The second kappa shape index (κ2) is 28.6. The van der Waals surface area contributed by atoms with Crippen molar-refractivity contribution in [2.24, 2.45) is 0 Å². The lowest BCUT2D eigenvalue weighted by Crippen LogP contribution is -2.50. The molecular weight excluding hydrogens is 452 g/mol. The summed E-state index contributed by atoms with van der Waals surface area (Å²) >= 11 is 0. The average molecular weight is 517 g/mol. The number of unbranched alkanes of at least 4 members (excludes halogenated alkanes) is 18. The Morgan fingerprint density at radius 2 is 0.543 bits per heavy atom. The van der Waals surface area contributed by atoms with E-state index in [9.17, 15) is 0 Å². The normalized spacial score (nSPS) is 12.0. The molecule has 0 rings (SSSR count). The maximum absolute atomic E-state index is 6.35. The zero-order valence-corrected chi connectivity index (χ0v) is 25.5. The van der Waals surface area contributed by atoms with Gasteiger partial charge in [0.15, 0.2) is 0 Å². The SMILES string of the molecule is CCCCCCCCCO[Si](OCCC)(OCCCCCCCCC)OCCCCCCCCC. The van der Waals surface area contributed by atoms with Gasteiger partial charge in [0.25, 0.3) is 0 Å². The number of hydrogen-bond donors (Lipinski definition) is 0. The molecule has 0 unspecified atom stereocenters. The van der Waals surface area contributed by atoms with Crippen LogP contribution in [0.5, 0.6) is 0 Å². The van der Waals surface area contributed by atoms with E-state index in [1.165, 1.54) is 116 Å². The summed E-state index contributed by atoms with van der Waals surface area (Å²) < 4.78 is 25.3. The molecule has 0 spiro atoms. The van der Waals surface area contributed by atoms with Gasteiger partial charge in [-0.25, -0.2) is 0 Å². The van der Waals surface area contributed by atoms with Crippen LogP contribution in [0.15, 0.2) is 0 Å². The molecule has 5 heteroatoms. The summed E-state index contributed by atoms with van der Waals surface area (Å²) in [6, 6.07) is 0. The summed E-state index contributed by atoms with van der Waals surface area (Å²) in [5, 5.41) is 0. The van der Waals surface area contributed by atoms with Crippen molar-refractivity contribution in [1.29, 1.82) is 0 Å². The third-order valence-corrected chi connectivity index (χ3v) is 8.79. The van der Waals surface area contributed by atoms with Gasteiger partial charge in [0, 0.05) is 26.4 Å². The van der Waals surface area contributed by atoms with E-state index in [4.69, 9.17) is 17.7 Å². The second-order valence-electron chi connectivity index (χ2n) is 10.3. The van der Waals surface area contributed by atoms with Crippen LogP contribution in [0.2, 0.25) is 0 Å². The Morgan fingerprint density at radius 3 is 0.829 bits per heavy atom. The maximum atomic E-state index is 6.35. The zero-order valence-electron chi connectivity index (χ0n) is 24.5. The first-order valence-electron chi connectivity index (χ1n) is 15.8. The Morgan fingerprint density at radius 1 is 0.286 bits per heavy atom. The van der Waals surface area contributed by atoms with Gasteiger partial charge in [0.2, 0.25) is 0 Å². The highest BCUT2D eigenvalue weighted by Gasteiger charge is 2.45. The largest absolute Gasteiger partial charge is 0.679 e. The van der Waals surface area contributed by atoms with Crippen LogP contribution in [-0.2, 0) is 17.7 Å². The molecule has 4 nitrogen and oxygen atoms in total. The molecule has 0 fully saturated rings. The van der Waals surface area contributed by atoms with Gasteiger partial charge in [-0.15, -0.1) is 0 Å². The van der Waals surface area contributed by atoms with Crippen LogP contribution < -0.4 is 0 Å². The molecule has 0 aliphatic heterocycles. The molecule has 35 heavy (non-hydrogen) atoms. The van der Waals surface area contributed by atoms with Crippen molar-refractivity contribution in [3.63, 3.8) is 0 Å². The first kappa shape index (κ1) is 35.1. The van der Waals surface area contributed by atoms with Crippen LogP contribution in [0.3, 0.4) is 0 Å². The predicted octanol–water partition coefficient (Wildman–Crippen LogP) is 10.2. The minimum absolute atomic E-state index is 0.650. The van der Waals surface area contributed by atoms with E-state index >= 15 is 0 Å². The van der Waals surface area contributed by atoms with E-state index in [1.54, 1.807) is 0 Å². The van der Waals surface area contributed by atoms with Crippen molar-refractivity contribution >= 4 is 9.05 Å². The van der Waals surface area contributed by atoms with Crippen molar-refractivity contribution in [2.45, 2.75) is 169 Å². The summed E-state index contributed by atoms with van der Waals surface area (Å²) in [7, 11) is -3.06. The smallest absolute Gasteiger partial charge is 0.351 e. The number of hydrogen-bond acceptors (Lipinski definition) is 4. The van der Waals surface area contributed by atoms with Crippen LogP contribution in [0.4, 0.5) is 0 Å². The topological polar surface area (TPSA) is 36.9 Å². The van der Waals surface area contributed by atoms with Gasteiger partial charge in [-0.2, -0.15) is 0 Å². The standard InChI is InChI=1S/C30H64O4Si/c1-5-9-12-15-18-21-24-28-32-35(31-27-8-4,33-29-25-22-19-16-13-10-6-2)34-30-26-23-20-17-14-11-7-3/h5-30H2,1-4H3. The van der Waals surface area contributed by atoms with Gasteiger partial charge in [0.05, 0.1) is 0 Å². The quantitative estimate of drug-likeness (QED) is 0.0702. The van der Waals surface area contributed by atoms with E-state index in [1.807, 2.05) is 0 Å². The van der Waals surface area contributed by atoms with Gasteiger partial charge in [-0.1, -0.05) is 143 Å². The summed E-state index contributed by atoms with van der Waals surface area (Å²) in [6.07, 6.45) is 27.8. The van der Waals surface area contributed by atoms with Crippen molar-refractivity contribution < 1.29 is 17.7 Å². The molecule has 0 aliphatic carbocycles. The molecule has 0 amide bonds. The van der Waals surface area contributed by atoms with E-state index in [2.05, 4.69) is 27.7 Å². The predicted molar refractivity (Wildman–Crippen MR) is 154 cm³/mol. The molecule has 0 saturated heterocycles. The molecule has 0 aromatic rings. The lowest BCUT2D eigenvalue weighted by Gasteiger charge is -2.28. The second-order valence-corrected chi connectivity index (χ2v) is 12.4. The summed E-state index contributed by atoms with van der Waals surface area (Å²) in [5.74, 6) is 0. The third kappa shape index (κ3) is 24.2. The molecule has 212 valence electrons. The summed E-state index contributed by atoms with van der Waals surface area (Å²) in [4.78, 5) is 0. The Bertz CT molecular complexity index is 344. The van der Waals surface area contributed by atoms with Crippen molar-refractivity contribution in [1.82, 2.24) is 0 Å². The van der Waals surface area contributed by atoms with E-state index in [-0.39, 0.29) is 0 Å². The summed E-state index contributed by atoms with van der Waals surface area (Å²) in [6.45, 7) is 11.7. The Hall–Kier alpha value is 0.0569. The fourth-order valence-electron chi connectivity index (χ4n) is 4.25. The highest BCUT2D eigenvalue weighted by Crippen LogP contribution is 2.18. The summed E-state index contributed by atoms with van der Waals surface area (Å²) in [5.41, 5.74) is 0. The average Bonchev–Trinajstić information content (AvgIpc) is 2.87. The van der Waals surface area contributed by atoms with Crippen molar-refractivity contribution in [3.8, 4) is 0 Å². The van der Waals surface area contributed by atoms with Crippen LogP contribution in [0.1, 0.15) is 169 Å². The molecule has 0 aromatic heterocycles. The molecule has 0 saturated carbocycles. The molecule has 0 aromatic carbocycles. The Labute approximate surface area is 222 Å².